The quantitative estimate of drug-likeness (QED) is 0.827. The lowest BCUT2D eigenvalue weighted by molar-refractivity contribution is 1.05. The molecule has 4 heteroatoms. The fraction of sp³-hybridized carbons (Fsp3) is 0.429. The first-order chi connectivity index (χ1) is 5.25. The van der Waals surface area contributed by atoms with Crippen LogP contribution in [0.4, 0.5) is 5.82 Å². The van der Waals surface area contributed by atoms with E-state index in [0.29, 0.717) is 0 Å². The molecule has 11 heavy (non-hydrogen) atoms. The summed E-state index contributed by atoms with van der Waals surface area (Å²) in [4.78, 5) is 8.16. The lowest BCUT2D eigenvalue weighted by atomic mass is 10.4. The smallest absolute Gasteiger partial charge is 0.143 e. The molecular formula is C7H10IN3. The first-order valence-electron chi connectivity index (χ1n) is 3.46. The van der Waals surface area contributed by atoms with Gasteiger partial charge in [-0.3, -0.25) is 0 Å². The van der Waals surface area contributed by atoms with Crippen molar-refractivity contribution < 1.29 is 0 Å². The van der Waals surface area contributed by atoms with Gasteiger partial charge < -0.3 is 5.32 Å². The molecule has 1 heterocycles. The number of anilines is 1. The van der Waals surface area contributed by atoms with Crippen LogP contribution in [0.3, 0.4) is 0 Å². The van der Waals surface area contributed by atoms with Gasteiger partial charge in [-0.05, 0) is 36.4 Å². The standard InChI is InChI=1S/C7H10IN3/c1-3-9-7-6(8)5(2)10-4-11-7/h4H,3H2,1-2H3,(H,9,10,11). The van der Waals surface area contributed by atoms with Crippen molar-refractivity contribution in [2.45, 2.75) is 13.8 Å². The summed E-state index contributed by atoms with van der Waals surface area (Å²) in [5, 5.41) is 3.16. The van der Waals surface area contributed by atoms with Gasteiger partial charge in [-0.25, -0.2) is 9.97 Å². The molecule has 0 aromatic carbocycles. The lowest BCUT2D eigenvalue weighted by Crippen LogP contribution is -2.03. The van der Waals surface area contributed by atoms with Crippen molar-refractivity contribution in [2.75, 3.05) is 11.9 Å². The summed E-state index contributed by atoms with van der Waals surface area (Å²) >= 11 is 2.24. The second kappa shape index (κ2) is 3.85. The number of rotatable bonds is 2. The summed E-state index contributed by atoms with van der Waals surface area (Å²) in [5.41, 5.74) is 1.02. The molecule has 0 saturated heterocycles. The molecule has 0 atom stereocenters. The summed E-state index contributed by atoms with van der Waals surface area (Å²) in [6.45, 7) is 4.92. The van der Waals surface area contributed by atoms with Crippen LogP contribution in [0.2, 0.25) is 0 Å². The molecule has 3 nitrogen and oxygen atoms in total. The number of halogens is 1. The highest BCUT2D eigenvalue weighted by Crippen LogP contribution is 2.15. The minimum atomic E-state index is 0.895. The molecule has 1 N–H and O–H groups in total. The van der Waals surface area contributed by atoms with Crippen LogP contribution in [0.25, 0.3) is 0 Å². The van der Waals surface area contributed by atoms with Crippen molar-refractivity contribution in [1.29, 1.82) is 0 Å². The Balaban J connectivity index is 2.96. The lowest BCUT2D eigenvalue weighted by Gasteiger charge is -2.04. The largest absolute Gasteiger partial charge is 0.369 e. The summed E-state index contributed by atoms with van der Waals surface area (Å²) in [6.07, 6.45) is 1.58. The normalized spacial score (nSPS) is 9.73. The van der Waals surface area contributed by atoms with Gasteiger partial charge in [0.15, 0.2) is 0 Å². The summed E-state index contributed by atoms with van der Waals surface area (Å²) in [7, 11) is 0. The predicted molar refractivity (Wildman–Crippen MR) is 53.6 cm³/mol. The van der Waals surface area contributed by atoms with E-state index in [0.717, 1.165) is 21.6 Å². The third-order valence-electron chi connectivity index (χ3n) is 1.31. The van der Waals surface area contributed by atoms with E-state index in [4.69, 9.17) is 0 Å². The number of hydrogen-bond donors (Lipinski definition) is 1. The van der Waals surface area contributed by atoms with Gasteiger partial charge in [0.1, 0.15) is 12.1 Å². The summed E-state index contributed by atoms with van der Waals surface area (Å²) in [5.74, 6) is 0.931. The van der Waals surface area contributed by atoms with Crippen LogP contribution in [-0.4, -0.2) is 16.5 Å². The zero-order chi connectivity index (χ0) is 8.27. The first kappa shape index (κ1) is 8.70. The van der Waals surface area contributed by atoms with Gasteiger partial charge in [-0.2, -0.15) is 0 Å². The molecule has 1 aromatic rings. The van der Waals surface area contributed by atoms with Crippen molar-refractivity contribution in [3.63, 3.8) is 0 Å². The van der Waals surface area contributed by atoms with Gasteiger partial charge in [0.05, 0.1) is 9.26 Å². The molecule has 0 bridgehead atoms. The minimum Gasteiger partial charge on any atom is -0.369 e. The van der Waals surface area contributed by atoms with Gasteiger partial charge >= 0.3 is 0 Å². The average Bonchev–Trinajstić information content (AvgIpc) is 1.99. The van der Waals surface area contributed by atoms with Crippen LogP contribution in [0.15, 0.2) is 6.33 Å². The zero-order valence-electron chi connectivity index (χ0n) is 6.56. The molecule has 0 fully saturated rings. The maximum atomic E-state index is 4.10. The maximum Gasteiger partial charge on any atom is 0.143 e. The van der Waals surface area contributed by atoms with Crippen LogP contribution in [0, 0.1) is 10.5 Å². The Morgan fingerprint density at radius 3 is 2.91 bits per heavy atom. The topological polar surface area (TPSA) is 37.8 Å². The van der Waals surface area contributed by atoms with E-state index in [1.807, 2.05) is 13.8 Å². The fourth-order valence-corrected chi connectivity index (χ4v) is 1.22. The Hall–Kier alpha value is -0.390. The summed E-state index contributed by atoms with van der Waals surface area (Å²) in [6, 6.07) is 0. The number of hydrogen-bond acceptors (Lipinski definition) is 3. The van der Waals surface area contributed by atoms with Gasteiger partial charge in [0, 0.05) is 6.54 Å². The van der Waals surface area contributed by atoms with Crippen molar-refractivity contribution >= 4 is 28.4 Å². The molecule has 1 rings (SSSR count). The van der Waals surface area contributed by atoms with Gasteiger partial charge in [0.25, 0.3) is 0 Å². The Morgan fingerprint density at radius 1 is 1.55 bits per heavy atom. The second-order valence-corrected chi connectivity index (χ2v) is 3.23. The molecule has 0 spiro atoms. The molecule has 0 aliphatic carbocycles. The van der Waals surface area contributed by atoms with Crippen LogP contribution < -0.4 is 5.32 Å². The molecule has 0 amide bonds. The third-order valence-corrected chi connectivity index (χ3v) is 2.60. The number of nitrogens with zero attached hydrogens (tertiary/aromatic N) is 2. The molecular weight excluding hydrogens is 253 g/mol. The fourth-order valence-electron chi connectivity index (χ4n) is 0.749. The molecule has 0 radical (unpaired) electrons. The molecule has 0 saturated carbocycles. The molecule has 1 aromatic heterocycles. The van der Waals surface area contributed by atoms with Gasteiger partial charge in [-0.1, -0.05) is 0 Å². The molecule has 60 valence electrons. The second-order valence-electron chi connectivity index (χ2n) is 2.15. The number of aromatic nitrogens is 2. The van der Waals surface area contributed by atoms with Crippen molar-refractivity contribution in [3.8, 4) is 0 Å². The van der Waals surface area contributed by atoms with Crippen LogP contribution in [0.1, 0.15) is 12.6 Å². The van der Waals surface area contributed by atoms with E-state index in [2.05, 4.69) is 37.9 Å². The highest BCUT2D eigenvalue weighted by molar-refractivity contribution is 14.1. The van der Waals surface area contributed by atoms with Crippen molar-refractivity contribution in [3.05, 3.63) is 15.6 Å². The van der Waals surface area contributed by atoms with E-state index in [1.165, 1.54) is 0 Å². The van der Waals surface area contributed by atoms with Crippen LogP contribution in [0.5, 0.6) is 0 Å². The highest BCUT2D eigenvalue weighted by atomic mass is 127. The Labute approximate surface area is 79.8 Å². The van der Waals surface area contributed by atoms with Crippen LogP contribution >= 0.6 is 22.6 Å². The number of aryl methyl sites for hydroxylation is 1. The van der Waals surface area contributed by atoms with Gasteiger partial charge in [0.2, 0.25) is 0 Å². The molecule has 0 unspecified atom stereocenters. The predicted octanol–water partition coefficient (Wildman–Crippen LogP) is 1.82. The molecule has 0 aliphatic rings. The summed E-state index contributed by atoms with van der Waals surface area (Å²) < 4.78 is 1.10. The molecule has 0 aliphatic heterocycles. The van der Waals surface area contributed by atoms with E-state index in [-0.39, 0.29) is 0 Å². The maximum absolute atomic E-state index is 4.10. The van der Waals surface area contributed by atoms with E-state index in [1.54, 1.807) is 6.33 Å². The Bertz CT molecular complexity index is 249. The van der Waals surface area contributed by atoms with E-state index >= 15 is 0 Å². The number of nitrogens with one attached hydrogen (secondary N) is 1. The van der Waals surface area contributed by atoms with E-state index in [9.17, 15) is 0 Å². The Morgan fingerprint density at radius 2 is 2.27 bits per heavy atom. The third kappa shape index (κ3) is 2.02. The van der Waals surface area contributed by atoms with Gasteiger partial charge in [-0.15, -0.1) is 0 Å². The SMILES string of the molecule is CCNc1ncnc(C)c1I. The van der Waals surface area contributed by atoms with Crippen molar-refractivity contribution in [1.82, 2.24) is 9.97 Å². The van der Waals surface area contributed by atoms with Crippen LogP contribution in [-0.2, 0) is 0 Å². The zero-order valence-corrected chi connectivity index (χ0v) is 8.71. The first-order valence-corrected chi connectivity index (χ1v) is 4.54. The highest BCUT2D eigenvalue weighted by Gasteiger charge is 2.01. The van der Waals surface area contributed by atoms with E-state index < -0.39 is 0 Å². The van der Waals surface area contributed by atoms with Crippen molar-refractivity contribution in [2.24, 2.45) is 0 Å². The minimum absolute atomic E-state index is 0.895. The average molecular weight is 263 g/mol. The Kier molecular flexibility index (Phi) is 3.04. The monoisotopic (exact) mass is 263 g/mol.